The summed E-state index contributed by atoms with van der Waals surface area (Å²) in [7, 11) is 0. The third-order valence-electron chi connectivity index (χ3n) is 2.20. The highest BCUT2D eigenvalue weighted by Crippen LogP contribution is 2.24. The molecule has 86 valence electrons. The van der Waals surface area contributed by atoms with Crippen molar-refractivity contribution in [1.82, 2.24) is 4.37 Å². The van der Waals surface area contributed by atoms with E-state index < -0.39 is 5.91 Å². The summed E-state index contributed by atoms with van der Waals surface area (Å²) in [6.45, 7) is 0. The quantitative estimate of drug-likeness (QED) is 0.792. The lowest BCUT2D eigenvalue weighted by Crippen LogP contribution is -2.14. The molecule has 4 N–H and O–H groups in total. The number of carbonyl (C=O) groups excluding carboxylic acids is 2. The lowest BCUT2D eigenvalue weighted by Gasteiger charge is -1.98. The van der Waals surface area contributed by atoms with E-state index in [1.807, 2.05) is 6.07 Å². The van der Waals surface area contributed by atoms with Crippen LogP contribution < -0.4 is 11.5 Å². The Morgan fingerprint density at radius 3 is 2.35 bits per heavy atom. The third-order valence-corrected chi connectivity index (χ3v) is 3.07. The summed E-state index contributed by atoms with van der Waals surface area (Å²) in [6.07, 6.45) is 0. The summed E-state index contributed by atoms with van der Waals surface area (Å²) in [5.41, 5.74) is 11.3. The second-order valence-corrected chi connectivity index (χ2v) is 4.11. The first-order chi connectivity index (χ1) is 8.11. The maximum atomic E-state index is 12.0. The Labute approximate surface area is 101 Å². The number of amides is 1. The Bertz CT molecular complexity index is 578. The molecule has 17 heavy (non-hydrogen) atoms. The van der Waals surface area contributed by atoms with Gasteiger partial charge in [-0.3, -0.25) is 9.59 Å². The van der Waals surface area contributed by atoms with E-state index in [9.17, 15) is 9.59 Å². The molecule has 0 fully saturated rings. The van der Waals surface area contributed by atoms with Crippen LogP contribution >= 0.6 is 11.5 Å². The summed E-state index contributed by atoms with van der Waals surface area (Å²) in [5, 5.41) is 0. The molecule has 2 aromatic rings. The van der Waals surface area contributed by atoms with Crippen LogP contribution in [-0.2, 0) is 0 Å². The highest BCUT2D eigenvalue weighted by Gasteiger charge is 2.21. The van der Waals surface area contributed by atoms with Gasteiger partial charge in [0.1, 0.15) is 4.88 Å². The molecule has 0 saturated carbocycles. The number of nitrogens with two attached hydrogens (primary N) is 2. The minimum absolute atomic E-state index is 0.0470. The lowest BCUT2D eigenvalue weighted by molar-refractivity contribution is 0.0997. The topological polar surface area (TPSA) is 99.1 Å². The average Bonchev–Trinajstić information content (AvgIpc) is 2.71. The van der Waals surface area contributed by atoms with Gasteiger partial charge in [-0.05, 0) is 11.5 Å². The highest BCUT2D eigenvalue weighted by molar-refractivity contribution is 7.09. The number of ketones is 1. The van der Waals surface area contributed by atoms with E-state index >= 15 is 0 Å². The molecule has 0 aliphatic heterocycles. The second-order valence-electron chi connectivity index (χ2n) is 3.33. The van der Waals surface area contributed by atoms with Gasteiger partial charge in [0.15, 0.2) is 5.69 Å². The fraction of sp³-hybridized carbons (Fsp3) is 0. The zero-order valence-corrected chi connectivity index (χ0v) is 9.53. The van der Waals surface area contributed by atoms with Crippen LogP contribution in [0.4, 0.5) is 5.69 Å². The van der Waals surface area contributed by atoms with Crippen LogP contribution in [0.1, 0.15) is 25.7 Å². The molecule has 0 spiro atoms. The smallest absolute Gasteiger partial charge is 0.270 e. The Hall–Kier alpha value is -2.21. The summed E-state index contributed by atoms with van der Waals surface area (Å²) in [4.78, 5) is 23.3. The van der Waals surface area contributed by atoms with Crippen molar-refractivity contribution in [3.63, 3.8) is 0 Å². The van der Waals surface area contributed by atoms with Gasteiger partial charge in [-0.1, -0.05) is 30.3 Å². The molecule has 0 bridgehead atoms. The number of hydrogen-bond acceptors (Lipinski definition) is 5. The number of aromatic nitrogens is 1. The molecule has 1 heterocycles. The fourth-order valence-electron chi connectivity index (χ4n) is 1.36. The number of primary amides is 1. The Morgan fingerprint density at radius 2 is 1.82 bits per heavy atom. The van der Waals surface area contributed by atoms with Gasteiger partial charge in [-0.25, -0.2) is 0 Å². The SMILES string of the molecule is NC(=O)c1nsc(C(=O)c2ccccc2)c1N. The first-order valence-electron chi connectivity index (χ1n) is 4.76. The molecule has 0 aliphatic carbocycles. The molecule has 2 rings (SSSR count). The molecule has 0 atom stereocenters. The van der Waals surface area contributed by atoms with Gasteiger partial charge in [-0.15, -0.1) is 0 Å². The van der Waals surface area contributed by atoms with Gasteiger partial charge in [0, 0.05) is 5.56 Å². The zero-order valence-electron chi connectivity index (χ0n) is 8.71. The minimum atomic E-state index is -0.731. The zero-order chi connectivity index (χ0) is 12.4. The van der Waals surface area contributed by atoms with Crippen LogP contribution in [0.25, 0.3) is 0 Å². The van der Waals surface area contributed by atoms with E-state index in [0.717, 1.165) is 11.5 Å². The molecule has 0 unspecified atom stereocenters. The van der Waals surface area contributed by atoms with Gasteiger partial charge >= 0.3 is 0 Å². The molecule has 1 amide bonds. The van der Waals surface area contributed by atoms with Gasteiger partial charge in [0.25, 0.3) is 5.91 Å². The van der Waals surface area contributed by atoms with Crippen molar-refractivity contribution in [3.8, 4) is 0 Å². The minimum Gasteiger partial charge on any atom is -0.395 e. The van der Waals surface area contributed by atoms with E-state index in [1.54, 1.807) is 24.3 Å². The van der Waals surface area contributed by atoms with Crippen molar-refractivity contribution in [2.75, 3.05) is 5.73 Å². The molecule has 1 aromatic heterocycles. The number of nitrogen functional groups attached to an aromatic ring is 1. The predicted octanol–water partition coefficient (Wildman–Crippen LogP) is 1.06. The third kappa shape index (κ3) is 2.02. The normalized spacial score (nSPS) is 10.1. The van der Waals surface area contributed by atoms with Crippen LogP contribution in [0.5, 0.6) is 0 Å². The molecule has 0 aliphatic rings. The van der Waals surface area contributed by atoms with E-state index in [4.69, 9.17) is 11.5 Å². The number of rotatable bonds is 3. The van der Waals surface area contributed by atoms with E-state index in [0.29, 0.717) is 5.56 Å². The maximum Gasteiger partial charge on any atom is 0.270 e. The predicted molar refractivity (Wildman–Crippen MR) is 64.9 cm³/mol. The van der Waals surface area contributed by atoms with Crippen molar-refractivity contribution in [1.29, 1.82) is 0 Å². The molecule has 1 aromatic carbocycles. The maximum absolute atomic E-state index is 12.0. The Kier molecular flexibility index (Phi) is 2.88. The standard InChI is InChI=1S/C11H9N3O2S/c12-7-8(11(13)16)14-17-10(7)9(15)6-4-2-1-3-5-6/h1-5H,12H2,(H2,13,16). The van der Waals surface area contributed by atoms with Crippen LogP contribution in [0, 0.1) is 0 Å². The summed E-state index contributed by atoms with van der Waals surface area (Å²) in [5.74, 6) is -0.987. The van der Waals surface area contributed by atoms with Crippen molar-refractivity contribution >= 4 is 28.9 Å². The first-order valence-corrected chi connectivity index (χ1v) is 5.53. The van der Waals surface area contributed by atoms with Crippen LogP contribution in [0.2, 0.25) is 0 Å². The Morgan fingerprint density at radius 1 is 1.18 bits per heavy atom. The van der Waals surface area contributed by atoms with Crippen LogP contribution in [0.3, 0.4) is 0 Å². The number of carbonyl (C=O) groups is 2. The van der Waals surface area contributed by atoms with Crippen molar-refractivity contribution in [3.05, 3.63) is 46.5 Å². The number of benzene rings is 1. The summed E-state index contributed by atoms with van der Waals surface area (Å²) in [6, 6.07) is 8.65. The van der Waals surface area contributed by atoms with Gasteiger partial charge in [-0.2, -0.15) is 4.37 Å². The molecule has 0 radical (unpaired) electrons. The molecule has 0 saturated heterocycles. The molecule has 5 nitrogen and oxygen atoms in total. The molecule has 6 heteroatoms. The number of anilines is 1. The first kappa shape index (κ1) is 11.3. The second kappa shape index (κ2) is 4.34. The summed E-state index contributed by atoms with van der Waals surface area (Å²) < 4.78 is 3.78. The molecular formula is C11H9N3O2S. The monoisotopic (exact) mass is 247 g/mol. The van der Waals surface area contributed by atoms with Crippen molar-refractivity contribution < 1.29 is 9.59 Å². The van der Waals surface area contributed by atoms with Crippen LogP contribution in [-0.4, -0.2) is 16.1 Å². The highest BCUT2D eigenvalue weighted by atomic mass is 32.1. The fourth-order valence-corrected chi connectivity index (χ4v) is 2.13. The van der Waals surface area contributed by atoms with Gasteiger partial charge in [0.2, 0.25) is 5.78 Å². The average molecular weight is 247 g/mol. The van der Waals surface area contributed by atoms with Crippen molar-refractivity contribution in [2.24, 2.45) is 5.73 Å². The Balaban J connectivity index is 2.42. The molecular weight excluding hydrogens is 238 g/mol. The van der Waals surface area contributed by atoms with Crippen LogP contribution in [0.15, 0.2) is 30.3 Å². The van der Waals surface area contributed by atoms with E-state index in [2.05, 4.69) is 4.37 Å². The summed E-state index contributed by atoms with van der Waals surface area (Å²) >= 11 is 0.882. The van der Waals surface area contributed by atoms with Gasteiger partial charge in [0.05, 0.1) is 5.69 Å². The van der Waals surface area contributed by atoms with E-state index in [-0.39, 0.29) is 22.0 Å². The number of hydrogen-bond donors (Lipinski definition) is 2. The lowest BCUT2D eigenvalue weighted by atomic mass is 10.1. The number of nitrogens with zero attached hydrogens (tertiary/aromatic N) is 1. The van der Waals surface area contributed by atoms with Crippen molar-refractivity contribution in [2.45, 2.75) is 0 Å². The largest absolute Gasteiger partial charge is 0.395 e. The van der Waals surface area contributed by atoms with Gasteiger partial charge < -0.3 is 11.5 Å². The van der Waals surface area contributed by atoms with E-state index in [1.165, 1.54) is 0 Å².